The van der Waals surface area contributed by atoms with E-state index in [0.29, 0.717) is 17.9 Å². The molecule has 3 rings (SSSR count). The Kier molecular flexibility index (Phi) is 4.71. The molecule has 0 aromatic carbocycles. The van der Waals surface area contributed by atoms with Gasteiger partial charge in [-0.3, -0.25) is 14.3 Å². The van der Waals surface area contributed by atoms with Gasteiger partial charge in [-0.05, 0) is 51.2 Å². The average Bonchev–Trinajstić information content (AvgIpc) is 3.09. The van der Waals surface area contributed by atoms with Gasteiger partial charge in [0.1, 0.15) is 0 Å². The van der Waals surface area contributed by atoms with Crippen LogP contribution in [-0.4, -0.2) is 26.8 Å². The maximum Gasteiger partial charge on any atom is 0.305 e. The summed E-state index contributed by atoms with van der Waals surface area (Å²) in [4.78, 5) is 25.4. The minimum absolute atomic E-state index is 0.00694. The number of rotatable bonds is 5. The van der Waals surface area contributed by atoms with Gasteiger partial charge in [-0.1, -0.05) is 0 Å². The first kappa shape index (κ1) is 16.7. The zero-order valence-electron chi connectivity index (χ0n) is 13.9. The molecule has 0 fully saturated rings. The lowest BCUT2D eigenvalue weighted by molar-refractivity contribution is -0.137. The van der Waals surface area contributed by atoms with Crippen LogP contribution in [0.1, 0.15) is 50.8 Å². The number of nitrogens with one attached hydrogen (secondary N) is 1. The van der Waals surface area contributed by atoms with Crippen molar-refractivity contribution in [1.82, 2.24) is 9.78 Å². The molecule has 24 heavy (non-hydrogen) atoms. The lowest BCUT2D eigenvalue weighted by Gasteiger charge is -2.08. The second kappa shape index (κ2) is 6.76. The Hall–Kier alpha value is -2.15. The number of anilines is 1. The van der Waals surface area contributed by atoms with Gasteiger partial charge in [0.25, 0.3) is 5.91 Å². The molecule has 0 bridgehead atoms. The number of amides is 1. The summed E-state index contributed by atoms with van der Waals surface area (Å²) in [5.74, 6) is -0.976. The zero-order chi connectivity index (χ0) is 17.3. The van der Waals surface area contributed by atoms with Crippen molar-refractivity contribution >= 4 is 28.9 Å². The molecule has 2 aromatic heterocycles. The van der Waals surface area contributed by atoms with Crippen LogP contribution in [0.25, 0.3) is 0 Å². The van der Waals surface area contributed by atoms with Crippen molar-refractivity contribution in [3.05, 3.63) is 32.8 Å². The van der Waals surface area contributed by atoms with E-state index in [-0.39, 0.29) is 12.3 Å². The molecular weight excluding hydrogens is 326 g/mol. The summed E-state index contributed by atoms with van der Waals surface area (Å²) in [6, 6.07) is 2.01. The predicted molar refractivity (Wildman–Crippen MR) is 92.9 cm³/mol. The van der Waals surface area contributed by atoms with Crippen LogP contribution in [0, 0.1) is 13.8 Å². The van der Waals surface area contributed by atoms with E-state index in [2.05, 4.69) is 10.4 Å². The van der Waals surface area contributed by atoms with Gasteiger partial charge >= 0.3 is 5.97 Å². The summed E-state index contributed by atoms with van der Waals surface area (Å²) >= 11 is 1.58. The van der Waals surface area contributed by atoms with Gasteiger partial charge < -0.3 is 10.4 Å². The molecule has 6 nitrogen and oxygen atoms in total. The number of hydrogen-bond acceptors (Lipinski definition) is 4. The van der Waals surface area contributed by atoms with Gasteiger partial charge in [0, 0.05) is 4.88 Å². The second-order valence-electron chi connectivity index (χ2n) is 6.13. The highest BCUT2D eigenvalue weighted by Gasteiger charge is 2.20. The van der Waals surface area contributed by atoms with Crippen LogP contribution in [0.3, 0.4) is 0 Å². The number of aromatic nitrogens is 2. The normalized spacial score (nSPS) is 13.6. The molecule has 2 N–H and O–H groups in total. The number of aliphatic carboxylic acids is 1. The molecule has 0 unspecified atom stereocenters. The van der Waals surface area contributed by atoms with Crippen LogP contribution in [0.15, 0.2) is 6.07 Å². The van der Waals surface area contributed by atoms with Crippen LogP contribution >= 0.6 is 11.3 Å². The molecule has 2 aromatic rings. The van der Waals surface area contributed by atoms with E-state index >= 15 is 0 Å². The number of hydrogen-bond donors (Lipinski definition) is 2. The standard InChI is InChI=1S/C17H21N3O3S/c1-10-16(11(2)20(19-10)8-7-15(21)22)18-17(23)14-9-12-5-3-4-6-13(12)24-14/h9H,3-8H2,1-2H3,(H,18,23)(H,21,22). The fraction of sp³-hybridized carbons (Fsp3) is 0.471. The summed E-state index contributed by atoms with van der Waals surface area (Å²) in [5.41, 5.74) is 3.47. The van der Waals surface area contributed by atoms with E-state index in [1.165, 1.54) is 23.3 Å². The average molecular weight is 347 g/mol. The Labute approximate surface area is 144 Å². The SMILES string of the molecule is Cc1nn(CCC(=O)O)c(C)c1NC(=O)c1cc2c(s1)CCCC2. The van der Waals surface area contributed by atoms with Crippen molar-refractivity contribution < 1.29 is 14.7 Å². The third kappa shape index (κ3) is 3.36. The van der Waals surface area contributed by atoms with Gasteiger partial charge in [-0.15, -0.1) is 11.3 Å². The Morgan fingerprint density at radius 1 is 1.33 bits per heavy atom. The fourth-order valence-corrected chi connectivity index (χ4v) is 4.22. The van der Waals surface area contributed by atoms with Crippen LogP contribution in [0.2, 0.25) is 0 Å². The number of nitrogens with zero attached hydrogens (tertiary/aromatic N) is 2. The van der Waals surface area contributed by atoms with Gasteiger partial charge in [0.2, 0.25) is 0 Å². The molecule has 0 aliphatic heterocycles. The maximum absolute atomic E-state index is 12.6. The lowest BCUT2D eigenvalue weighted by atomic mass is 9.99. The Morgan fingerprint density at radius 3 is 2.79 bits per heavy atom. The topological polar surface area (TPSA) is 84.2 Å². The largest absolute Gasteiger partial charge is 0.481 e. The third-order valence-electron chi connectivity index (χ3n) is 4.38. The van der Waals surface area contributed by atoms with Crippen molar-refractivity contribution in [2.75, 3.05) is 5.32 Å². The quantitative estimate of drug-likeness (QED) is 0.870. The molecule has 0 radical (unpaired) electrons. The zero-order valence-corrected chi connectivity index (χ0v) is 14.7. The van der Waals surface area contributed by atoms with E-state index in [9.17, 15) is 9.59 Å². The molecule has 1 aliphatic rings. The number of fused-ring (bicyclic) bond motifs is 1. The molecular formula is C17H21N3O3S. The highest BCUT2D eigenvalue weighted by atomic mass is 32.1. The number of aryl methyl sites for hydroxylation is 4. The molecule has 2 heterocycles. The van der Waals surface area contributed by atoms with Crippen LogP contribution < -0.4 is 5.32 Å². The second-order valence-corrected chi connectivity index (χ2v) is 7.27. The molecule has 128 valence electrons. The fourth-order valence-electron chi connectivity index (χ4n) is 3.07. The predicted octanol–water partition coefficient (Wildman–Crippen LogP) is 3.17. The lowest BCUT2D eigenvalue weighted by Crippen LogP contribution is -2.12. The van der Waals surface area contributed by atoms with Crippen molar-refractivity contribution in [3.8, 4) is 0 Å². The summed E-state index contributed by atoms with van der Waals surface area (Å²) < 4.78 is 1.64. The minimum atomic E-state index is -0.864. The van der Waals surface area contributed by atoms with Crippen LogP contribution in [0.4, 0.5) is 5.69 Å². The highest BCUT2D eigenvalue weighted by Crippen LogP contribution is 2.30. The van der Waals surface area contributed by atoms with Gasteiger partial charge in [0.15, 0.2) is 0 Å². The van der Waals surface area contributed by atoms with E-state index in [0.717, 1.165) is 23.4 Å². The smallest absolute Gasteiger partial charge is 0.305 e. The third-order valence-corrected chi connectivity index (χ3v) is 5.61. The van der Waals surface area contributed by atoms with Crippen molar-refractivity contribution in [2.45, 2.75) is 52.5 Å². The summed E-state index contributed by atoms with van der Waals surface area (Å²) in [6.45, 7) is 3.96. The Balaban J connectivity index is 1.76. The van der Waals surface area contributed by atoms with E-state index in [1.807, 2.05) is 19.9 Å². The molecule has 0 saturated heterocycles. The summed E-state index contributed by atoms with van der Waals surface area (Å²) in [7, 11) is 0. The van der Waals surface area contributed by atoms with Crippen molar-refractivity contribution in [1.29, 1.82) is 0 Å². The first-order valence-electron chi connectivity index (χ1n) is 8.14. The Morgan fingerprint density at radius 2 is 2.08 bits per heavy atom. The molecule has 1 aliphatic carbocycles. The highest BCUT2D eigenvalue weighted by molar-refractivity contribution is 7.14. The van der Waals surface area contributed by atoms with Gasteiger partial charge in [-0.2, -0.15) is 5.10 Å². The number of carbonyl (C=O) groups excluding carboxylic acids is 1. The summed E-state index contributed by atoms with van der Waals surface area (Å²) in [6.07, 6.45) is 4.53. The first-order valence-corrected chi connectivity index (χ1v) is 8.96. The van der Waals surface area contributed by atoms with Crippen LogP contribution in [-0.2, 0) is 24.2 Å². The monoisotopic (exact) mass is 347 g/mol. The molecule has 0 saturated carbocycles. The first-order chi connectivity index (χ1) is 11.5. The number of carboxylic acids is 1. The van der Waals surface area contributed by atoms with Gasteiger partial charge in [0.05, 0.1) is 34.9 Å². The molecule has 0 spiro atoms. The van der Waals surface area contributed by atoms with Gasteiger partial charge in [-0.25, -0.2) is 0 Å². The van der Waals surface area contributed by atoms with E-state index in [4.69, 9.17) is 5.11 Å². The maximum atomic E-state index is 12.6. The Bertz CT molecular complexity index is 768. The van der Waals surface area contributed by atoms with Crippen LogP contribution in [0.5, 0.6) is 0 Å². The number of thiophene rings is 1. The number of carbonyl (C=O) groups is 2. The molecule has 1 amide bonds. The van der Waals surface area contributed by atoms with E-state index < -0.39 is 5.97 Å². The minimum Gasteiger partial charge on any atom is -0.481 e. The van der Waals surface area contributed by atoms with Crippen molar-refractivity contribution in [2.24, 2.45) is 0 Å². The molecule has 0 atom stereocenters. The summed E-state index contributed by atoms with van der Waals surface area (Å²) in [5, 5.41) is 16.1. The van der Waals surface area contributed by atoms with E-state index in [1.54, 1.807) is 16.0 Å². The molecule has 7 heteroatoms. The van der Waals surface area contributed by atoms with Crippen molar-refractivity contribution in [3.63, 3.8) is 0 Å². The number of carboxylic acid groups (broad SMARTS) is 1.